The van der Waals surface area contributed by atoms with Crippen molar-refractivity contribution in [2.75, 3.05) is 7.05 Å². The van der Waals surface area contributed by atoms with Crippen LogP contribution in [0.2, 0.25) is 0 Å². The van der Waals surface area contributed by atoms with E-state index in [-0.39, 0.29) is 18.2 Å². The summed E-state index contributed by atoms with van der Waals surface area (Å²) in [5, 5.41) is 9.12. The van der Waals surface area contributed by atoms with Crippen molar-refractivity contribution in [1.29, 1.82) is 0 Å². The fraction of sp³-hybridized carbons (Fsp3) is 0.464. The first kappa shape index (κ1) is 29.1. The molecule has 196 valence electrons. The van der Waals surface area contributed by atoms with Crippen molar-refractivity contribution in [1.82, 2.24) is 16.0 Å². The molecule has 1 amide bonds. The first-order valence-electron chi connectivity index (χ1n) is 12.2. The Morgan fingerprint density at radius 2 is 1.56 bits per heavy atom. The van der Waals surface area contributed by atoms with Crippen LogP contribution in [0.25, 0.3) is 0 Å². The Bertz CT molecular complexity index is 988. The molecule has 0 aliphatic carbocycles. The maximum absolute atomic E-state index is 13.2. The highest BCUT2D eigenvalue weighted by Gasteiger charge is 2.30. The fourth-order valence-corrected chi connectivity index (χ4v) is 3.61. The lowest BCUT2D eigenvalue weighted by molar-refractivity contribution is -0.158. The van der Waals surface area contributed by atoms with Crippen molar-refractivity contribution in [2.45, 2.75) is 71.8 Å². The quantitative estimate of drug-likeness (QED) is 0.307. The summed E-state index contributed by atoms with van der Waals surface area (Å²) < 4.78 is 11.5. The second kappa shape index (κ2) is 13.8. The van der Waals surface area contributed by atoms with Crippen LogP contribution in [0.3, 0.4) is 0 Å². The van der Waals surface area contributed by atoms with Crippen LogP contribution in [0.5, 0.6) is 5.75 Å². The highest BCUT2D eigenvalue weighted by molar-refractivity contribution is 7.80. The van der Waals surface area contributed by atoms with Crippen molar-refractivity contribution in [3.8, 4) is 5.75 Å². The van der Waals surface area contributed by atoms with E-state index in [2.05, 4.69) is 16.0 Å². The Morgan fingerprint density at radius 3 is 2.11 bits per heavy atom. The Kier molecular flexibility index (Phi) is 11.2. The van der Waals surface area contributed by atoms with Gasteiger partial charge < -0.3 is 25.4 Å². The van der Waals surface area contributed by atoms with Crippen LogP contribution in [0.15, 0.2) is 54.6 Å². The third-order valence-corrected chi connectivity index (χ3v) is 5.50. The van der Waals surface area contributed by atoms with E-state index in [4.69, 9.17) is 21.7 Å². The van der Waals surface area contributed by atoms with E-state index in [1.54, 1.807) is 27.8 Å². The van der Waals surface area contributed by atoms with E-state index in [0.717, 1.165) is 16.9 Å². The second-order valence-corrected chi connectivity index (χ2v) is 10.5. The van der Waals surface area contributed by atoms with Crippen molar-refractivity contribution in [2.24, 2.45) is 5.92 Å². The standard InChI is InChI=1S/C28H39N3O4S/c1-19(2)16-23(31-27(36)29-6)25(32)30-24(26(33)35-28(3,4)5)17-20-12-14-22(15-13-20)34-18-21-10-8-7-9-11-21/h7-15,19,23-24H,16-18H2,1-6H3,(H,30,32)(H2,29,31,36). The molecule has 2 rings (SSSR count). The number of esters is 1. The second-order valence-electron chi connectivity index (χ2n) is 10.1. The van der Waals surface area contributed by atoms with E-state index in [0.29, 0.717) is 18.1 Å². The lowest BCUT2D eigenvalue weighted by Gasteiger charge is -2.27. The van der Waals surface area contributed by atoms with Gasteiger partial charge in [-0.05, 0) is 68.6 Å². The molecule has 0 saturated carbocycles. The van der Waals surface area contributed by atoms with Gasteiger partial charge in [0, 0.05) is 13.5 Å². The largest absolute Gasteiger partial charge is 0.489 e. The molecular formula is C28H39N3O4S. The number of thiocarbonyl (C=S) groups is 1. The first-order chi connectivity index (χ1) is 17.0. The number of hydrogen-bond donors (Lipinski definition) is 3. The van der Waals surface area contributed by atoms with Crippen LogP contribution in [0.1, 0.15) is 52.2 Å². The zero-order valence-corrected chi connectivity index (χ0v) is 22.9. The SMILES string of the molecule is CNC(=S)NC(CC(C)C)C(=O)NC(Cc1ccc(OCc2ccccc2)cc1)C(=O)OC(C)(C)C. The number of ether oxygens (including phenoxy) is 2. The molecule has 3 N–H and O–H groups in total. The van der Waals surface area contributed by atoms with Crippen LogP contribution in [0.4, 0.5) is 0 Å². The third-order valence-electron chi connectivity index (χ3n) is 5.18. The van der Waals surface area contributed by atoms with E-state index < -0.39 is 23.7 Å². The Labute approximate surface area is 220 Å². The molecule has 36 heavy (non-hydrogen) atoms. The maximum atomic E-state index is 13.2. The van der Waals surface area contributed by atoms with Crippen LogP contribution < -0.4 is 20.7 Å². The van der Waals surface area contributed by atoms with Gasteiger partial charge in [-0.3, -0.25) is 4.79 Å². The Balaban J connectivity index is 2.13. The van der Waals surface area contributed by atoms with Crippen molar-refractivity contribution < 1.29 is 19.1 Å². The summed E-state index contributed by atoms with van der Waals surface area (Å²) in [6.07, 6.45) is 0.840. The lowest BCUT2D eigenvalue weighted by Crippen LogP contribution is -2.54. The molecule has 8 heteroatoms. The van der Waals surface area contributed by atoms with E-state index in [1.165, 1.54) is 0 Å². The minimum atomic E-state index is -0.854. The monoisotopic (exact) mass is 513 g/mol. The summed E-state index contributed by atoms with van der Waals surface area (Å²) in [6.45, 7) is 9.93. The van der Waals surface area contributed by atoms with Gasteiger partial charge in [-0.15, -0.1) is 0 Å². The van der Waals surface area contributed by atoms with E-state index in [1.807, 2.05) is 68.4 Å². The number of rotatable bonds is 11. The van der Waals surface area contributed by atoms with Crippen molar-refractivity contribution in [3.63, 3.8) is 0 Å². The maximum Gasteiger partial charge on any atom is 0.329 e. The predicted octanol–water partition coefficient (Wildman–Crippen LogP) is 4.14. The van der Waals surface area contributed by atoms with E-state index in [9.17, 15) is 9.59 Å². The molecule has 2 unspecified atom stereocenters. The van der Waals surface area contributed by atoms with Gasteiger partial charge in [-0.2, -0.15) is 0 Å². The number of carbonyl (C=O) groups is 2. The fourth-order valence-electron chi connectivity index (χ4n) is 3.47. The summed E-state index contributed by atoms with van der Waals surface area (Å²) >= 11 is 5.20. The molecule has 7 nitrogen and oxygen atoms in total. The van der Waals surface area contributed by atoms with Gasteiger partial charge >= 0.3 is 5.97 Å². The highest BCUT2D eigenvalue weighted by Crippen LogP contribution is 2.17. The number of carbonyl (C=O) groups excluding carboxylic acids is 2. The van der Waals surface area contributed by atoms with Crippen molar-refractivity contribution in [3.05, 3.63) is 65.7 Å². The molecule has 0 heterocycles. The zero-order chi connectivity index (χ0) is 26.7. The highest BCUT2D eigenvalue weighted by atomic mass is 32.1. The van der Waals surface area contributed by atoms with Crippen LogP contribution >= 0.6 is 12.2 Å². The van der Waals surface area contributed by atoms with Crippen LogP contribution in [0, 0.1) is 5.92 Å². The molecule has 0 radical (unpaired) electrons. The molecule has 2 aromatic rings. The van der Waals surface area contributed by atoms with Gasteiger partial charge in [0.25, 0.3) is 0 Å². The smallest absolute Gasteiger partial charge is 0.329 e. The molecule has 0 fully saturated rings. The van der Waals surface area contributed by atoms with Gasteiger partial charge in [0.05, 0.1) is 0 Å². The zero-order valence-electron chi connectivity index (χ0n) is 22.1. The summed E-state index contributed by atoms with van der Waals surface area (Å²) in [5.41, 5.74) is 1.27. The number of amides is 1. The average Bonchev–Trinajstić information content (AvgIpc) is 2.81. The molecule has 0 aliphatic heterocycles. The third kappa shape index (κ3) is 10.6. The minimum absolute atomic E-state index is 0.247. The predicted molar refractivity (Wildman–Crippen MR) is 147 cm³/mol. The lowest BCUT2D eigenvalue weighted by atomic mass is 10.0. The Hall–Kier alpha value is -3.13. The molecule has 0 saturated heterocycles. The number of hydrogen-bond acceptors (Lipinski definition) is 5. The van der Waals surface area contributed by atoms with Gasteiger partial charge in [-0.25, -0.2) is 4.79 Å². The average molecular weight is 514 g/mol. The molecular weight excluding hydrogens is 474 g/mol. The number of benzene rings is 2. The summed E-state index contributed by atoms with van der Waals surface area (Å²) in [7, 11) is 1.69. The van der Waals surface area contributed by atoms with Gasteiger partial charge in [0.15, 0.2) is 5.11 Å². The number of nitrogens with one attached hydrogen (secondary N) is 3. The van der Waals surface area contributed by atoms with Gasteiger partial charge in [0.1, 0.15) is 30.0 Å². The summed E-state index contributed by atoms with van der Waals surface area (Å²) in [5.74, 6) is 0.179. The first-order valence-corrected chi connectivity index (χ1v) is 12.6. The van der Waals surface area contributed by atoms with Crippen LogP contribution in [-0.4, -0.2) is 41.7 Å². The Morgan fingerprint density at radius 1 is 0.917 bits per heavy atom. The molecule has 0 aliphatic rings. The molecule has 2 atom stereocenters. The van der Waals surface area contributed by atoms with Crippen LogP contribution in [-0.2, 0) is 27.4 Å². The summed E-state index contributed by atoms with van der Waals surface area (Å²) in [4.78, 5) is 26.2. The molecule has 0 aromatic heterocycles. The molecule has 0 spiro atoms. The van der Waals surface area contributed by atoms with Gasteiger partial charge in [0.2, 0.25) is 5.91 Å². The normalized spacial score (nSPS) is 12.9. The summed E-state index contributed by atoms with van der Waals surface area (Å²) in [6, 6.07) is 16.0. The van der Waals surface area contributed by atoms with Gasteiger partial charge in [-0.1, -0.05) is 56.3 Å². The van der Waals surface area contributed by atoms with Crippen molar-refractivity contribution >= 4 is 29.2 Å². The van der Waals surface area contributed by atoms with E-state index >= 15 is 0 Å². The molecule has 0 bridgehead atoms. The topological polar surface area (TPSA) is 88.7 Å². The minimum Gasteiger partial charge on any atom is -0.489 e. The molecule has 2 aromatic carbocycles.